The largest absolute Gasteiger partial charge is 0.356 e. The smallest absolute Gasteiger partial charge is 0.216 e. The van der Waals surface area contributed by atoms with Crippen LogP contribution in [0.1, 0.15) is 22.8 Å². The van der Waals surface area contributed by atoms with E-state index in [0.29, 0.717) is 29.4 Å². The predicted molar refractivity (Wildman–Crippen MR) is 101 cm³/mol. The maximum absolute atomic E-state index is 12.4. The molecule has 7 nitrogen and oxygen atoms in total. The molecule has 0 saturated carbocycles. The van der Waals surface area contributed by atoms with Gasteiger partial charge in [0.25, 0.3) is 0 Å². The number of nitrogens with zero attached hydrogens (tertiary/aromatic N) is 4. The van der Waals surface area contributed by atoms with Gasteiger partial charge in [-0.3, -0.25) is 9.59 Å². The molecule has 27 heavy (non-hydrogen) atoms. The Labute approximate surface area is 161 Å². The van der Waals surface area contributed by atoms with Crippen LogP contribution in [0.4, 0.5) is 0 Å². The number of rotatable bonds is 7. The molecule has 3 aromatic rings. The van der Waals surface area contributed by atoms with E-state index in [1.165, 1.54) is 11.7 Å². The molecule has 0 aliphatic carbocycles. The number of ketones is 1. The van der Waals surface area contributed by atoms with Gasteiger partial charge in [0.05, 0.1) is 0 Å². The fraction of sp³-hybridized carbons (Fsp3) is 0.211. The number of hydrogen-bond acceptors (Lipinski definition) is 5. The first kappa shape index (κ1) is 18.7. The normalized spacial score (nSPS) is 10.6. The van der Waals surface area contributed by atoms with Crippen LogP contribution in [-0.2, 0) is 17.8 Å². The molecule has 0 aliphatic heterocycles. The van der Waals surface area contributed by atoms with E-state index >= 15 is 0 Å². The Kier molecular flexibility index (Phi) is 5.93. The highest BCUT2D eigenvalue weighted by molar-refractivity contribution is 6.30. The van der Waals surface area contributed by atoms with Gasteiger partial charge in [0, 0.05) is 29.6 Å². The van der Waals surface area contributed by atoms with Gasteiger partial charge < -0.3 is 5.32 Å². The molecule has 0 radical (unpaired) electrons. The Morgan fingerprint density at radius 1 is 1.15 bits per heavy atom. The van der Waals surface area contributed by atoms with E-state index in [1.807, 2.05) is 18.2 Å². The van der Waals surface area contributed by atoms with E-state index in [4.69, 9.17) is 11.6 Å². The Morgan fingerprint density at radius 3 is 2.63 bits per heavy atom. The molecule has 8 heteroatoms. The third-order valence-corrected chi connectivity index (χ3v) is 4.12. The molecule has 1 heterocycles. The Bertz CT molecular complexity index is 953. The van der Waals surface area contributed by atoms with Gasteiger partial charge in [-0.2, -0.15) is 4.80 Å². The van der Waals surface area contributed by atoms with Crippen molar-refractivity contribution in [3.05, 3.63) is 64.7 Å². The number of amides is 1. The lowest BCUT2D eigenvalue weighted by atomic mass is 10.1. The Morgan fingerprint density at radius 2 is 1.93 bits per heavy atom. The van der Waals surface area contributed by atoms with Crippen LogP contribution < -0.4 is 5.32 Å². The third kappa shape index (κ3) is 5.21. The van der Waals surface area contributed by atoms with Crippen molar-refractivity contribution in [2.75, 3.05) is 6.54 Å². The Hall–Kier alpha value is -3.06. The van der Waals surface area contributed by atoms with E-state index in [9.17, 15) is 9.59 Å². The van der Waals surface area contributed by atoms with Crippen molar-refractivity contribution in [2.45, 2.75) is 19.9 Å². The van der Waals surface area contributed by atoms with Crippen molar-refractivity contribution in [2.24, 2.45) is 0 Å². The number of tetrazole rings is 1. The summed E-state index contributed by atoms with van der Waals surface area (Å²) < 4.78 is 0. The number of aromatic nitrogens is 4. The number of carbonyl (C=O) groups excluding carboxylic acids is 2. The van der Waals surface area contributed by atoms with Gasteiger partial charge in [0.2, 0.25) is 11.7 Å². The van der Waals surface area contributed by atoms with Crippen LogP contribution in [0.25, 0.3) is 11.4 Å². The number of carbonyl (C=O) groups is 2. The lowest BCUT2D eigenvalue weighted by molar-refractivity contribution is -0.118. The molecule has 1 N–H and O–H groups in total. The highest BCUT2D eigenvalue weighted by Gasteiger charge is 2.11. The van der Waals surface area contributed by atoms with E-state index < -0.39 is 0 Å². The lowest BCUT2D eigenvalue weighted by Gasteiger charge is -2.04. The van der Waals surface area contributed by atoms with Gasteiger partial charge in [-0.1, -0.05) is 48.0 Å². The number of Topliss-reactive ketones (excluding diaryl/α,β-unsaturated/α-hetero) is 1. The molecular weight excluding hydrogens is 366 g/mol. The first-order valence-corrected chi connectivity index (χ1v) is 8.79. The topological polar surface area (TPSA) is 89.8 Å². The summed E-state index contributed by atoms with van der Waals surface area (Å²) in [7, 11) is 0. The summed E-state index contributed by atoms with van der Waals surface area (Å²) in [5, 5.41) is 15.5. The van der Waals surface area contributed by atoms with Crippen LogP contribution in [-0.4, -0.2) is 38.4 Å². The number of benzene rings is 2. The summed E-state index contributed by atoms with van der Waals surface area (Å²) in [6.45, 7) is 2.05. The molecule has 0 fully saturated rings. The average Bonchev–Trinajstić information content (AvgIpc) is 3.10. The summed E-state index contributed by atoms with van der Waals surface area (Å²) in [6, 6.07) is 14.4. The molecule has 2 aromatic carbocycles. The summed E-state index contributed by atoms with van der Waals surface area (Å²) >= 11 is 5.97. The molecule has 1 amide bonds. The summed E-state index contributed by atoms with van der Waals surface area (Å²) in [6.07, 6.45) is 0.710. The van der Waals surface area contributed by atoms with Crippen molar-refractivity contribution < 1.29 is 9.59 Å². The van der Waals surface area contributed by atoms with Crippen molar-refractivity contribution in [1.82, 2.24) is 25.5 Å². The standard InChI is InChI=1S/C19H18ClN5O2/c1-13(26)21-10-9-14-5-7-15(8-6-14)18(27)12-25-23-19(22-24-25)16-3-2-4-17(20)11-16/h2-8,11H,9-10,12H2,1H3,(H,21,26). The van der Waals surface area contributed by atoms with Crippen molar-refractivity contribution in [1.29, 1.82) is 0 Å². The summed E-state index contributed by atoms with van der Waals surface area (Å²) in [5.41, 5.74) is 2.35. The summed E-state index contributed by atoms with van der Waals surface area (Å²) in [4.78, 5) is 24.6. The summed E-state index contributed by atoms with van der Waals surface area (Å²) in [5.74, 6) is 0.247. The lowest BCUT2D eigenvalue weighted by Crippen LogP contribution is -2.22. The zero-order valence-corrected chi connectivity index (χ0v) is 15.5. The second-order valence-corrected chi connectivity index (χ2v) is 6.44. The molecule has 0 atom stereocenters. The zero-order valence-electron chi connectivity index (χ0n) is 14.7. The first-order chi connectivity index (χ1) is 13.0. The molecule has 0 bridgehead atoms. The minimum atomic E-state index is -0.113. The molecule has 3 rings (SSSR count). The number of halogens is 1. The van der Waals surface area contributed by atoms with Gasteiger partial charge >= 0.3 is 0 Å². The van der Waals surface area contributed by atoms with E-state index in [1.54, 1.807) is 30.3 Å². The van der Waals surface area contributed by atoms with Gasteiger partial charge in [-0.15, -0.1) is 10.2 Å². The molecule has 0 spiro atoms. The maximum atomic E-state index is 12.4. The minimum absolute atomic E-state index is 0.00119. The number of nitrogens with one attached hydrogen (secondary N) is 1. The van der Waals surface area contributed by atoms with Crippen LogP contribution in [0.5, 0.6) is 0 Å². The van der Waals surface area contributed by atoms with Gasteiger partial charge in [0.15, 0.2) is 5.78 Å². The van der Waals surface area contributed by atoms with E-state index in [2.05, 4.69) is 20.7 Å². The van der Waals surface area contributed by atoms with Gasteiger partial charge in [-0.05, 0) is 29.3 Å². The maximum Gasteiger partial charge on any atom is 0.216 e. The number of hydrogen-bond donors (Lipinski definition) is 1. The van der Waals surface area contributed by atoms with Crippen LogP contribution in [0.15, 0.2) is 48.5 Å². The quantitative estimate of drug-likeness (QED) is 0.633. The second-order valence-electron chi connectivity index (χ2n) is 6.01. The molecule has 0 unspecified atom stereocenters. The SMILES string of the molecule is CC(=O)NCCc1ccc(C(=O)Cn2nnc(-c3cccc(Cl)c3)n2)cc1. The molecule has 138 valence electrons. The third-order valence-electron chi connectivity index (χ3n) is 3.88. The van der Waals surface area contributed by atoms with Crippen LogP contribution in [0.2, 0.25) is 5.02 Å². The van der Waals surface area contributed by atoms with Crippen molar-refractivity contribution in [3.8, 4) is 11.4 Å². The van der Waals surface area contributed by atoms with Crippen molar-refractivity contribution >= 4 is 23.3 Å². The predicted octanol–water partition coefficient (Wildman–Crippen LogP) is 2.56. The van der Waals surface area contributed by atoms with E-state index in [0.717, 1.165) is 11.1 Å². The highest BCUT2D eigenvalue weighted by atomic mass is 35.5. The molecular formula is C19H18ClN5O2. The monoisotopic (exact) mass is 383 g/mol. The zero-order chi connectivity index (χ0) is 19.2. The van der Waals surface area contributed by atoms with Crippen LogP contribution in [0, 0.1) is 0 Å². The van der Waals surface area contributed by atoms with Crippen LogP contribution in [0.3, 0.4) is 0 Å². The molecule has 0 aliphatic rings. The molecule has 0 saturated heterocycles. The fourth-order valence-corrected chi connectivity index (χ4v) is 2.70. The first-order valence-electron chi connectivity index (χ1n) is 8.41. The van der Waals surface area contributed by atoms with Crippen molar-refractivity contribution in [3.63, 3.8) is 0 Å². The van der Waals surface area contributed by atoms with Gasteiger partial charge in [0.1, 0.15) is 6.54 Å². The average molecular weight is 384 g/mol. The Balaban J connectivity index is 1.61. The highest BCUT2D eigenvalue weighted by Crippen LogP contribution is 2.18. The van der Waals surface area contributed by atoms with Crippen LogP contribution >= 0.6 is 11.6 Å². The molecule has 1 aromatic heterocycles. The van der Waals surface area contributed by atoms with E-state index in [-0.39, 0.29) is 18.2 Å². The van der Waals surface area contributed by atoms with Gasteiger partial charge in [-0.25, -0.2) is 0 Å². The minimum Gasteiger partial charge on any atom is -0.356 e. The second kappa shape index (κ2) is 8.55. The fourth-order valence-electron chi connectivity index (χ4n) is 2.51.